The van der Waals surface area contributed by atoms with Crippen LogP contribution in [0.25, 0.3) is 11.0 Å². The number of amides is 1. The first kappa shape index (κ1) is 18.7. The summed E-state index contributed by atoms with van der Waals surface area (Å²) in [5.41, 5.74) is 2.55. The largest absolute Gasteiger partial charge is 0.367 e. The minimum absolute atomic E-state index is 0.0778. The number of hydrogen-bond donors (Lipinski definition) is 3. The van der Waals surface area contributed by atoms with Crippen molar-refractivity contribution in [3.8, 4) is 0 Å². The summed E-state index contributed by atoms with van der Waals surface area (Å²) in [6.45, 7) is 3.35. The van der Waals surface area contributed by atoms with Gasteiger partial charge in [-0.3, -0.25) is 14.9 Å². The highest BCUT2D eigenvalue weighted by Gasteiger charge is 2.20. The lowest BCUT2D eigenvalue weighted by molar-refractivity contribution is -0.384. The lowest BCUT2D eigenvalue weighted by atomic mass is 10.1. The molecular formula is C19H20N6O4. The number of anilines is 2. The van der Waals surface area contributed by atoms with Crippen LogP contribution >= 0.6 is 0 Å². The molecule has 4 rings (SSSR count). The van der Waals surface area contributed by atoms with E-state index in [0.717, 1.165) is 31.9 Å². The number of piperazine rings is 1. The van der Waals surface area contributed by atoms with Crippen LogP contribution in [0, 0.1) is 10.1 Å². The van der Waals surface area contributed by atoms with E-state index in [9.17, 15) is 19.7 Å². The Balaban J connectivity index is 1.67. The Labute approximate surface area is 165 Å². The molecule has 1 saturated heterocycles. The smallest absolute Gasteiger partial charge is 0.323 e. The zero-order chi connectivity index (χ0) is 20.5. The Morgan fingerprint density at radius 3 is 2.31 bits per heavy atom. The molecule has 0 bridgehead atoms. The summed E-state index contributed by atoms with van der Waals surface area (Å²) >= 11 is 0. The first-order valence-electron chi connectivity index (χ1n) is 9.16. The number of carbonyl (C=O) groups excluding carboxylic acids is 1. The van der Waals surface area contributed by atoms with Gasteiger partial charge in [-0.05, 0) is 31.3 Å². The number of nitrogens with zero attached hydrogens (tertiary/aromatic N) is 3. The first-order chi connectivity index (χ1) is 13.9. The fraction of sp³-hybridized carbons (Fsp3) is 0.263. The number of carbonyl (C=O) groups is 1. The molecule has 10 nitrogen and oxygen atoms in total. The second kappa shape index (κ2) is 7.40. The van der Waals surface area contributed by atoms with Crippen molar-refractivity contribution >= 4 is 34.0 Å². The van der Waals surface area contributed by atoms with Crippen LogP contribution in [0.1, 0.15) is 10.4 Å². The molecule has 1 fully saturated rings. The van der Waals surface area contributed by atoms with E-state index in [1.165, 1.54) is 24.3 Å². The Morgan fingerprint density at radius 1 is 1.07 bits per heavy atom. The summed E-state index contributed by atoms with van der Waals surface area (Å²) in [6.07, 6.45) is 0. The Hall–Kier alpha value is -3.66. The number of non-ortho nitro benzene ring substituents is 1. The normalized spacial score (nSPS) is 14.9. The summed E-state index contributed by atoms with van der Waals surface area (Å²) in [5.74, 6) is -0.382. The lowest BCUT2D eigenvalue weighted by Crippen LogP contribution is -2.44. The van der Waals surface area contributed by atoms with Crippen LogP contribution in [0.4, 0.5) is 17.1 Å². The number of aromatic nitrogens is 2. The van der Waals surface area contributed by atoms with Crippen LogP contribution in [0.15, 0.2) is 41.2 Å². The summed E-state index contributed by atoms with van der Waals surface area (Å²) in [6, 6.07) is 9.00. The molecule has 0 radical (unpaired) electrons. The first-order valence-corrected chi connectivity index (χ1v) is 9.16. The van der Waals surface area contributed by atoms with Gasteiger partial charge in [0, 0.05) is 43.9 Å². The van der Waals surface area contributed by atoms with Crippen molar-refractivity contribution in [1.82, 2.24) is 14.9 Å². The quantitative estimate of drug-likeness (QED) is 0.456. The van der Waals surface area contributed by atoms with Gasteiger partial charge in [-0.1, -0.05) is 0 Å². The van der Waals surface area contributed by atoms with E-state index in [1.54, 1.807) is 6.07 Å². The van der Waals surface area contributed by atoms with Crippen LogP contribution in [0.3, 0.4) is 0 Å². The molecule has 0 saturated carbocycles. The highest BCUT2D eigenvalue weighted by molar-refractivity contribution is 6.07. The number of H-pyrrole nitrogens is 2. The van der Waals surface area contributed by atoms with Gasteiger partial charge >= 0.3 is 5.69 Å². The average Bonchev–Trinajstić information content (AvgIpc) is 3.07. The van der Waals surface area contributed by atoms with Crippen molar-refractivity contribution in [3.05, 3.63) is 62.6 Å². The van der Waals surface area contributed by atoms with Crippen LogP contribution < -0.4 is 15.9 Å². The van der Waals surface area contributed by atoms with Crippen molar-refractivity contribution in [3.63, 3.8) is 0 Å². The van der Waals surface area contributed by atoms with E-state index in [4.69, 9.17) is 0 Å². The number of aromatic amines is 2. The predicted molar refractivity (Wildman–Crippen MR) is 110 cm³/mol. The van der Waals surface area contributed by atoms with Crippen molar-refractivity contribution in [2.45, 2.75) is 0 Å². The van der Waals surface area contributed by atoms with E-state index in [2.05, 4.69) is 32.1 Å². The van der Waals surface area contributed by atoms with Crippen molar-refractivity contribution in [1.29, 1.82) is 0 Å². The van der Waals surface area contributed by atoms with Crippen LogP contribution in [0.5, 0.6) is 0 Å². The lowest BCUT2D eigenvalue weighted by Gasteiger charge is -2.35. The molecule has 2 heterocycles. The minimum Gasteiger partial charge on any atom is -0.367 e. The van der Waals surface area contributed by atoms with Crippen LogP contribution in [0.2, 0.25) is 0 Å². The number of rotatable bonds is 4. The van der Waals surface area contributed by atoms with E-state index >= 15 is 0 Å². The predicted octanol–water partition coefficient (Wildman–Crippen LogP) is 1.77. The number of imidazole rings is 1. The summed E-state index contributed by atoms with van der Waals surface area (Å²) in [4.78, 5) is 44.6. The molecule has 3 aromatic rings. The average molecular weight is 396 g/mol. The summed E-state index contributed by atoms with van der Waals surface area (Å²) in [7, 11) is 2.06. The fourth-order valence-electron chi connectivity index (χ4n) is 3.41. The molecular weight excluding hydrogens is 376 g/mol. The second-order valence-electron chi connectivity index (χ2n) is 7.04. The summed E-state index contributed by atoms with van der Waals surface area (Å²) < 4.78 is 0. The number of benzene rings is 2. The van der Waals surface area contributed by atoms with Gasteiger partial charge in [0.1, 0.15) is 0 Å². The molecule has 3 N–H and O–H groups in total. The van der Waals surface area contributed by atoms with Gasteiger partial charge in [-0.2, -0.15) is 0 Å². The third-order valence-electron chi connectivity index (χ3n) is 5.06. The van der Waals surface area contributed by atoms with E-state index in [0.29, 0.717) is 22.3 Å². The molecule has 2 aromatic carbocycles. The van der Waals surface area contributed by atoms with Crippen molar-refractivity contribution in [2.75, 3.05) is 43.4 Å². The number of likely N-dealkylation sites (N-methyl/N-ethyl adjacent to an activating group) is 1. The van der Waals surface area contributed by atoms with Gasteiger partial charge in [0.2, 0.25) is 0 Å². The van der Waals surface area contributed by atoms with Gasteiger partial charge in [-0.15, -0.1) is 0 Å². The van der Waals surface area contributed by atoms with Crippen molar-refractivity contribution in [2.24, 2.45) is 0 Å². The van der Waals surface area contributed by atoms with Gasteiger partial charge in [-0.25, -0.2) is 4.79 Å². The van der Waals surface area contributed by atoms with Gasteiger partial charge in [0.05, 0.1) is 27.3 Å². The molecule has 0 spiro atoms. The molecule has 1 aliphatic rings. The Morgan fingerprint density at radius 2 is 1.69 bits per heavy atom. The van der Waals surface area contributed by atoms with Gasteiger partial charge < -0.3 is 25.1 Å². The highest BCUT2D eigenvalue weighted by atomic mass is 16.6. The monoisotopic (exact) mass is 396 g/mol. The van der Waals surface area contributed by atoms with E-state index in [-0.39, 0.29) is 17.3 Å². The summed E-state index contributed by atoms with van der Waals surface area (Å²) in [5, 5.41) is 13.7. The van der Waals surface area contributed by atoms with Gasteiger partial charge in [0.15, 0.2) is 0 Å². The highest BCUT2D eigenvalue weighted by Crippen LogP contribution is 2.31. The Bertz CT molecular complexity index is 1130. The van der Waals surface area contributed by atoms with E-state index < -0.39 is 4.92 Å². The molecule has 0 atom stereocenters. The van der Waals surface area contributed by atoms with Crippen molar-refractivity contribution < 1.29 is 9.72 Å². The zero-order valence-corrected chi connectivity index (χ0v) is 15.8. The molecule has 0 aliphatic carbocycles. The third-order valence-corrected chi connectivity index (χ3v) is 5.06. The third kappa shape index (κ3) is 3.83. The molecule has 0 unspecified atom stereocenters. The fourth-order valence-corrected chi connectivity index (χ4v) is 3.41. The maximum atomic E-state index is 12.7. The zero-order valence-electron chi connectivity index (χ0n) is 15.8. The molecule has 29 heavy (non-hydrogen) atoms. The topological polar surface area (TPSA) is 127 Å². The molecule has 10 heteroatoms. The number of nitro benzene ring substituents is 1. The number of fused-ring (bicyclic) bond motifs is 1. The van der Waals surface area contributed by atoms with E-state index in [1.807, 2.05) is 6.07 Å². The van der Waals surface area contributed by atoms with Crippen LogP contribution in [-0.4, -0.2) is 58.9 Å². The standard InChI is InChI=1S/C19H20N6O4/c1-23-6-8-24(9-7-23)17-11-15-14(21-19(27)22-15)10-16(17)20-18(26)12-2-4-13(5-3-12)25(28)29/h2-5,10-11H,6-9H2,1H3,(H,20,26)(H2,21,22,27). The number of nitrogens with one attached hydrogen (secondary N) is 3. The maximum absolute atomic E-state index is 12.7. The second-order valence-corrected chi connectivity index (χ2v) is 7.04. The molecule has 1 aliphatic heterocycles. The minimum atomic E-state index is -0.511. The molecule has 150 valence electrons. The maximum Gasteiger partial charge on any atom is 0.323 e. The molecule has 1 amide bonds. The van der Waals surface area contributed by atoms with Gasteiger partial charge in [0.25, 0.3) is 11.6 Å². The number of hydrogen-bond acceptors (Lipinski definition) is 6. The SMILES string of the molecule is CN1CCN(c2cc3[nH]c(=O)[nH]c3cc2NC(=O)c2ccc([N+](=O)[O-])cc2)CC1. The number of nitro groups is 1. The Kier molecular flexibility index (Phi) is 4.77. The molecule has 1 aromatic heterocycles. The van der Waals surface area contributed by atoms with Crippen LogP contribution in [-0.2, 0) is 0 Å².